The van der Waals surface area contributed by atoms with Crippen LogP contribution in [-0.4, -0.2) is 22.0 Å². The summed E-state index contributed by atoms with van der Waals surface area (Å²) in [6.07, 6.45) is 8.25. The van der Waals surface area contributed by atoms with Gasteiger partial charge in [0.25, 0.3) is 0 Å². The van der Waals surface area contributed by atoms with E-state index in [1.165, 1.54) is 5.56 Å². The van der Waals surface area contributed by atoms with Crippen molar-refractivity contribution in [1.29, 1.82) is 0 Å². The van der Waals surface area contributed by atoms with Gasteiger partial charge in [-0.1, -0.05) is 35.9 Å². The molecule has 4 heteroatoms. The third kappa shape index (κ3) is 6.10. The molecular weight excluding hydrogens is 286 g/mol. The molecule has 4 nitrogen and oxygen atoms in total. The van der Waals surface area contributed by atoms with Crippen molar-refractivity contribution in [2.45, 2.75) is 39.7 Å². The molecule has 23 heavy (non-hydrogen) atoms. The summed E-state index contributed by atoms with van der Waals surface area (Å²) < 4.78 is 2.09. The minimum absolute atomic E-state index is 0.00193. The van der Waals surface area contributed by atoms with Gasteiger partial charge in [0, 0.05) is 31.6 Å². The molecule has 1 aromatic heterocycles. The quantitative estimate of drug-likeness (QED) is 0.601. The Labute approximate surface area is 138 Å². The first kappa shape index (κ1) is 17.0. The second kappa shape index (κ2) is 8.93. The van der Waals surface area contributed by atoms with Gasteiger partial charge in [0.15, 0.2) is 0 Å². The molecule has 0 radical (unpaired) electrons. The van der Waals surface area contributed by atoms with Crippen LogP contribution in [0.4, 0.5) is 0 Å². The molecule has 1 N–H and O–H groups in total. The van der Waals surface area contributed by atoms with Crippen molar-refractivity contribution >= 4 is 5.91 Å². The maximum Gasteiger partial charge on any atom is 0.243 e. The molecule has 0 fully saturated rings. The number of hydrogen-bond donors (Lipinski definition) is 1. The highest BCUT2D eigenvalue weighted by atomic mass is 16.1. The van der Waals surface area contributed by atoms with Crippen molar-refractivity contribution in [3.63, 3.8) is 0 Å². The summed E-state index contributed by atoms with van der Waals surface area (Å²) in [4.78, 5) is 16.1. The number of aryl methyl sites for hydroxylation is 3. The first-order valence-electron chi connectivity index (χ1n) is 8.12. The maximum atomic E-state index is 11.9. The molecule has 1 amide bonds. The van der Waals surface area contributed by atoms with Crippen molar-refractivity contribution in [3.05, 3.63) is 65.8 Å². The van der Waals surface area contributed by atoms with Gasteiger partial charge in [-0.05, 0) is 38.7 Å². The van der Waals surface area contributed by atoms with Gasteiger partial charge in [-0.15, -0.1) is 0 Å². The normalized spacial score (nSPS) is 11.5. The molecule has 0 bridgehead atoms. The Hall–Kier alpha value is -2.36. The predicted molar refractivity (Wildman–Crippen MR) is 93.1 cm³/mol. The van der Waals surface area contributed by atoms with Crippen molar-refractivity contribution in [3.8, 4) is 0 Å². The second-order valence-corrected chi connectivity index (χ2v) is 5.79. The van der Waals surface area contributed by atoms with E-state index >= 15 is 0 Å². The molecule has 1 aromatic carbocycles. The first-order valence-corrected chi connectivity index (χ1v) is 8.12. The zero-order valence-electron chi connectivity index (χ0n) is 14.0. The van der Waals surface area contributed by atoms with Gasteiger partial charge in [-0.3, -0.25) is 4.79 Å². The number of nitrogens with zero attached hydrogens (tertiary/aromatic N) is 2. The monoisotopic (exact) mass is 311 g/mol. The number of amides is 1. The number of carbonyl (C=O) groups excluding carboxylic acids is 1. The fraction of sp³-hybridized carbons (Fsp3) is 0.368. The summed E-state index contributed by atoms with van der Waals surface area (Å²) >= 11 is 0. The van der Waals surface area contributed by atoms with Crippen LogP contribution in [0.15, 0.2) is 54.4 Å². The minimum atomic E-state index is -0.00193. The number of nitrogens with one attached hydrogen (secondary N) is 1. The van der Waals surface area contributed by atoms with Crippen molar-refractivity contribution in [2.24, 2.45) is 0 Å². The lowest BCUT2D eigenvalue weighted by atomic mass is 10.1. The van der Waals surface area contributed by atoms with Crippen LogP contribution in [-0.2, 0) is 17.8 Å². The zero-order valence-corrected chi connectivity index (χ0v) is 14.0. The molecule has 2 rings (SSSR count). The van der Waals surface area contributed by atoms with E-state index in [1.54, 1.807) is 12.3 Å². The molecule has 0 spiro atoms. The number of imidazole rings is 1. The van der Waals surface area contributed by atoms with Crippen molar-refractivity contribution in [2.75, 3.05) is 6.54 Å². The number of benzene rings is 1. The van der Waals surface area contributed by atoms with Gasteiger partial charge >= 0.3 is 0 Å². The molecule has 0 atom stereocenters. The fourth-order valence-electron chi connectivity index (χ4n) is 2.43. The molecule has 0 aliphatic heterocycles. The molecule has 0 aliphatic carbocycles. The van der Waals surface area contributed by atoms with Crippen molar-refractivity contribution < 1.29 is 4.79 Å². The van der Waals surface area contributed by atoms with E-state index in [4.69, 9.17) is 0 Å². The van der Waals surface area contributed by atoms with E-state index in [9.17, 15) is 4.79 Å². The molecule has 0 aliphatic rings. The lowest BCUT2D eigenvalue weighted by Gasteiger charge is -2.06. The molecular formula is C19H25N3O. The van der Waals surface area contributed by atoms with E-state index < -0.39 is 0 Å². The standard InChI is InChI=1S/C19H25N3O/c1-16(9-10-18-7-4-3-5-8-18)15-19(23)21-11-6-13-22-14-12-20-17(22)2/h3-5,7-8,12,14-15H,6,9-11,13H2,1-2H3,(H,21,23). The molecule has 0 saturated heterocycles. The molecule has 122 valence electrons. The first-order chi connectivity index (χ1) is 11.1. The highest BCUT2D eigenvalue weighted by Crippen LogP contribution is 2.08. The third-order valence-corrected chi connectivity index (χ3v) is 3.83. The number of rotatable bonds is 8. The van der Waals surface area contributed by atoms with Crippen LogP contribution in [0, 0.1) is 6.92 Å². The number of aromatic nitrogens is 2. The smallest absolute Gasteiger partial charge is 0.243 e. The molecule has 0 saturated carbocycles. The van der Waals surface area contributed by atoms with Crippen LogP contribution in [0.5, 0.6) is 0 Å². The summed E-state index contributed by atoms with van der Waals surface area (Å²) in [5.74, 6) is 1.01. The topological polar surface area (TPSA) is 46.9 Å². The average molecular weight is 311 g/mol. The van der Waals surface area contributed by atoms with Gasteiger partial charge in [0.05, 0.1) is 0 Å². The van der Waals surface area contributed by atoms with Crippen LogP contribution in [0.2, 0.25) is 0 Å². The van der Waals surface area contributed by atoms with Crippen molar-refractivity contribution in [1.82, 2.24) is 14.9 Å². The fourth-order valence-corrected chi connectivity index (χ4v) is 2.43. The van der Waals surface area contributed by atoms with Crippen LogP contribution in [0.25, 0.3) is 0 Å². The van der Waals surface area contributed by atoms with Crippen LogP contribution in [0.1, 0.15) is 31.2 Å². The number of carbonyl (C=O) groups is 1. The largest absolute Gasteiger partial charge is 0.352 e. The Morgan fingerprint density at radius 3 is 2.78 bits per heavy atom. The van der Waals surface area contributed by atoms with Gasteiger partial charge in [-0.2, -0.15) is 0 Å². The molecule has 2 aromatic rings. The lowest BCUT2D eigenvalue weighted by Crippen LogP contribution is -2.23. The van der Waals surface area contributed by atoms with E-state index in [-0.39, 0.29) is 5.91 Å². The highest BCUT2D eigenvalue weighted by Gasteiger charge is 2.00. The Balaban J connectivity index is 1.65. The number of hydrogen-bond acceptors (Lipinski definition) is 2. The third-order valence-electron chi connectivity index (χ3n) is 3.83. The van der Waals surface area contributed by atoms with E-state index in [1.807, 2.05) is 38.2 Å². The SMILES string of the molecule is CC(=CC(=O)NCCCn1ccnc1C)CCc1ccccc1. The van der Waals surface area contributed by atoms with Gasteiger partial charge < -0.3 is 9.88 Å². The lowest BCUT2D eigenvalue weighted by molar-refractivity contribution is -0.116. The second-order valence-electron chi connectivity index (χ2n) is 5.79. The Kier molecular flexibility index (Phi) is 6.60. The summed E-state index contributed by atoms with van der Waals surface area (Å²) in [5.41, 5.74) is 2.41. The predicted octanol–water partition coefficient (Wildman–Crippen LogP) is 3.28. The summed E-state index contributed by atoms with van der Waals surface area (Å²) in [7, 11) is 0. The van der Waals surface area contributed by atoms with Gasteiger partial charge in [0.2, 0.25) is 5.91 Å². The highest BCUT2D eigenvalue weighted by molar-refractivity contribution is 5.88. The zero-order chi connectivity index (χ0) is 16.5. The average Bonchev–Trinajstić information content (AvgIpc) is 2.96. The van der Waals surface area contributed by atoms with E-state index in [0.29, 0.717) is 6.54 Å². The summed E-state index contributed by atoms with van der Waals surface area (Å²) in [6, 6.07) is 10.3. The Morgan fingerprint density at radius 1 is 1.30 bits per heavy atom. The van der Waals surface area contributed by atoms with Crippen LogP contribution in [0.3, 0.4) is 0 Å². The molecule has 1 heterocycles. The van der Waals surface area contributed by atoms with E-state index in [0.717, 1.165) is 37.2 Å². The number of allylic oxidation sites excluding steroid dienone is 1. The van der Waals surface area contributed by atoms with Crippen LogP contribution < -0.4 is 5.32 Å². The minimum Gasteiger partial charge on any atom is -0.352 e. The summed E-state index contributed by atoms with van der Waals surface area (Å²) in [6.45, 7) is 5.55. The van der Waals surface area contributed by atoms with Crippen LogP contribution >= 0.6 is 0 Å². The summed E-state index contributed by atoms with van der Waals surface area (Å²) in [5, 5.41) is 2.94. The van der Waals surface area contributed by atoms with Gasteiger partial charge in [-0.25, -0.2) is 4.98 Å². The molecule has 0 unspecified atom stereocenters. The van der Waals surface area contributed by atoms with Gasteiger partial charge in [0.1, 0.15) is 5.82 Å². The Morgan fingerprint density at radius 2 is 2.09 bits per heavy atom. The van der Waals surface area contributed by atoms with E-state index in [2.05, 4.69) is 27.0 Å². The maximum absolute atomic E-state index is 11.9. The Bertz CT molecular complexity index is 644.